The molecule has 10 heteroatoms. The predicted molar refractivity (Wildman–Crippen MR) is 141 cm³/mol. The zero-order valence-corrected chi connectivity index (χ0v) is 22.3. The van der Waals surface area contributed by atoms with Crippen LogP contribution in [0.5, 0.6) is 0 Å². The fourth-order valence-electron chi connectivity index (χ4n) is 6.23. The lowest BCUT2D eigenvalue weighted by molar-refractivity contribution is -0.148. The number of carbonyl (C=O) groups is 3. The highest BCUT2D eigenvalue weighted by molar-refractivity contribution is 6.34. The molecular weight excluding hydrogens is 508 g/mol. The van der Waals surface area contributed by atoms with Gasteiger partial charge in [-0.1, -0.05) is 23.7 Å². The van der Waals surface area contributed by atoms with Crippen LogP contribution in [0.25, 0.3) is 0 Å². The molecule has 3 fully saturated rings. The van der Waals surface area contributed by atoms with Crippen molar-refractivity contribution < 1.29 is 24.2 Å². The molecule has 202 valence electrons. The lowest BCUT2D eigenvalue weighted by Gasteiger charge is -2.40. The van der Waals surface area contributed by atoms with Crippen molar-refractivity contribution in [1.82, 2.24) is 14.7 Å². The lowest BCUT2D eigenvalue weighted by Crippen LogP contribution is -2.56. The van der Waals surface area contributed by atoms with E-state index in [1.54, 1.807) is 13.2 Å². The van der Waals surface area contributed by atoms with Crippen molar-refractivity contribution in [3.63, 3.8) is 0 Å². The van der Waals surface area contributed by atoms with E-state index in [1.807, 2.05) is 21.9 Å². The van der Waals surface area contributed by atoms with Crippen molar-refractivity contribution >= 4 is 35.2 Å². The monoisotopic (exact) mass is 540 g/mol. The number of aliphatic carboxylic acids is 1. The maximum Gasteiger partial charge on any atom is 0.308 e. The number of hydrogen-bond acceptors (Lipinski definition) is 6. The zero-order valence-electron chi connectivity index (χ0n) is 21.6. The Balaban J connectivity index is 1.37. The van der Waals surface area contributed by atoms with E-state index in [1.165, 1.54) is 4.68 Å². The van der Waals surface area contributed by atoms with Crippen LogP contribution in [-0.4, -0.2) is 77.0 Å². The number of carboxylic acids is 1. The number of methoxy groups -OCH3 is 1. The average Bonchev–Trinajstić information content (AvgIpc) is 3.67. The third-order valence-electron chi connectivity index (χ3n) is 8.63. The summed E-state index contributed by atoms with van der Waals surface area (Å²) in [5.74, 6) is -0.699. The van der Waals surface area contributed by atoms with Gasteiger partial charge in [-0.25, -0.2) is 0 Å². The maximum atomic E-state index is 14.1. The third kappa shape index (κ3) is 4.49. The fourth-order valence-corrected chi connectivity index (χ4v) is 6.49. The number of aromatic nitrogens is 2. The van der Waals surface area contributed by atoms with E-state index in [4.69, 9.17) is 21.4 Å². The number of rotatable bonds is 6. The summed E-state index contributed by atoms with van der Waals surface area (Å²) in [7, 11) is 1.66. The average molecular weight is 541 g/mol. The largest absolute Gasteiger partial charge is 0.481 e. The second-order valence-electron chi connectivity index (χ2n) is 11.1. The Hall–Kier alpha value is -2.91. The summed E-state index contributed by atoms with van der Waals surface area (Å²) in [6, 6.07) is 5.59. The third-order valence-corrected chi connectivity index (χ3v) is 8.95. The summed E-state index contributed by atoms with van der Waals surface area (Å²) in [6.07, 6.45) is 5.22. The fraction of sp³-hybridized carbons (Fsp3) is 0.571. The van der Waals surface area contributed by atoms with Crippen LogP contribution in [0.2, 0.25) is 5.02 Å². The van der Waals surface area contributed by atoms with Crippen molar-refractivity contribution in [3.8, 4) is 0 Å². The lowest BCUT2D eigenvalue weighted by atomic mass is 9.85. The van der Waals surface area contributed by atoms with Crippen molar-refractivity contribution in [2.75, 3.05) is 38.2 Å². The molecule has 0 bridgehead atoms. The molecule has 1 N–H and O–H groups in total. The summed E-state index contributed by atoms with van der Waals surface area (Å²) >= 11 is 6.60. The Morgan fingerprint density at radius 3 is 2.58 bits per heavy atom. The van der Waals surface area contributed by atoms with E-state index in [0.717, 1.165) is 36.1 Å². The van der Waals surface area contributed by atoms with Gasteiger partial charge in [-0.3, -0.25) is 14.4 Å². The molecule has 9 nitrogen and oxygen atoms in total. The van der Waals surface area contributed by atoms with Gasteiger partial charge in [0.2, 0.25) is 5.91 Å². The van der Waals surface area contributed by atoms with Gasteiger partial charge in [0.05, 0.1) is 28.3 Å². The molecule has 2 aromatic rings. The van der Waals surface area contributed by atoms with Crippen molar-refractivity contribution in [2.45, 2.75) is 57.0 Å². The van der Waals surface area contributed by atoms with Gasteiger partial charge in [-0.05, 0) is 56.1 Å². The van der Waals surface area contributed by atoms with Crippen LogP contribution >= 0.6 is 11.6 Å². The number of piperidine rings is 1. The van der Waals surface area contributed by atoms with Gasteiger partial charge in [-0.15, -0.1) is 5.10 Å². The highest BCUT2D eigenvalue weighted by atomic mass is 35.5. The van der Waals surface area contributed by atoms with Crippen molar-refractivity contribution in [1.29, 1.82) is 0 Å². The summed E-state index contributed by atoms with van der Waals surface area (Å²) in [4.78, 5) is 43.0. The Morgan fingerprint density at radius 1 is 1.08 bits per heavy atom. The van der Waals surface area contributed by atoms with Crippen LogP contribution in [0.4, 0.5) is 5.82 Å². The summed E-state index contributed by atoms with van der Waals surface area (Å²) in [6.45, 7) is 2.24. The molecule has 4 aliphatic rings. The van der Waals surface area contributed by atoms with Crippen molar-refractivity contribution in [2.24, 2.45) is 11.8 Å². The molecule has 38 heavy (non-hydrogen) atoms. The molecule has 2 aliphatic heterocycles. The predicted octanol–water partition coefficient (Wildman–Crippen LogP) is 3.37. The first kappa shape index (κ1) is 25.4. The molecule has 0 radical (unpaired) electrons. The number of likely N-dealkylation sites (tertiary alicyclic amines) is 1. The van der Waals surface area contributed by atoms with Gasteiger partial charge in [0, 0.05) is 51.2 Å². The van der Waals surface area contributed by atoms with Gasteiger partial charge in [0.1, 0.15) is 0 Å². The summed E-state index contributed by atoms with van der Waals surface area (Å²) < 4.78 is 6.81. The molecule has 2 saturated heterocycles. The molecule has 1 aromatic carbocycles. The van der Waals surface area contributed by atoms with Crippen LogP contribution in [0, 0.1) is 11.8 Å². The van der Waals surface area contributed by atoms with Crippen LogP contribution in [0.15, 0.2) is 18.2 Å². The highest BCUT2D eigenvalue weighted by Gasteiger charge is 2.40. The van der Waals surface area contributed by atoms with E-state index < -0.39 is 11.9 Å². The first-order valence-corrected chi connectivity index (χ1v) is 14.0. The van der Waals surface area contributed by atoms with Gasteiger partial charge in [0.15, 0.2) is 5.82 Å². The maximum absolute atomic E-state index is 14.1. The number of nitrogens with zero attached hydrogens (tertiary/aromatic N) is 4. The number of halogens is 1. The Kier molecular flexibility index (Phi) is 6.68. The van der Waals surface area contributed by atoms with E-state index in [0.29, 0.717) is 74.2 Å². The Bertz CT molecular complexity index is 1280. The SMILES string of the molecule is COC1CN(C(=O)C2CCc3c(N4CCCC(C(=O)O)C4)nn(C(=O)c4c(Cl)cccc4C4CC4)c3C2)C1. The van der Waals surface area contributed by atoms with Crippen LogP contribution < -0.4 is 4.90 Å². The Labute approximate surface area is 226 Å². The molecule has 1 aromatic heterocycles. The van der Waals surface area contributed by atoms with E-state index in [-0.39, 0.29) is 23.8 Å². The summed E-state index contributed by atoms with van der Waals surface area (Å²) in [5, 5.41) is 14.9. The number of carboxylic acid groups (broad SMARTS) is 1. The molecule has 2 aliphatic carbocycles. The Morgan fingerprint density at radius 2 is 1.87 bits per heavy atom. The van der Waals surface area contributed by atoms with Crippen LogP contribution in [-0.2, 0) is 27.2 Å². The van der Waals surface area contributed by atoms with E-state index in [9.17, 15) is 19.5 Å². The van der Waals surface area contributed by atoms with Gasteiger partial charge >= 0.3 is 5.97 Å². The molecular formula is C28H33ClN4O5. The molecule has 1 saturated carbocycles. The molecule has 6 rings (SSSR count). The molecule has 0 spiro atoms. The second-order valence-corrected chi connectivity index (χ2v) is 11.5. The minimum absolute atomic E-state index is 0.0826. The smallest absolute Gasteiger partial charge is 0.308 e. The first-order valence-electron chi connectivity index (χ1n) is 13.6. The highest BCUT2D eigenvalue weighted by Crippen LogP contribution is 2.44. The number of anilines is 1. The second kappa shape index (κ2) is 10.0. The quantitative estimate of drug-likeness (QED) is 0.599. The van der Waals surface area contributed by atoms with Gasteiger partial charge < -0.3 is 19.6 Å². The zero-order chi connectivity index (χ0) is 26.6. The number of carbonyl (C=O) groups excluding carboxylic acids is 2. The molecule has 3 heterocycles. The number of hydrogen-bond donors (Lipinski definition) is 1. The minimum atomic E-state index is -0.807. The number of ether oxygens (including phenoxy) is 1. The van der Waals surface area contributed by atoms with Gasteiger partial charge in [0.25, 0.3) is 5.91 Å². The molecule has 2 unspecified atom stereocenters. The standard InChI is InChI=1S/C28H33ClN4O5/c1-38-19-14-32(15-19)26(34)17-9-10-21-23(12-17)33(30-25(21)31-11-3-4-18(13-31)28(36)37)27(35)24-20(16-7-8-16)5-2-6-22(24)29/h2,5-6,16-19H,3-4,7-15H2,1H3,(H,36,37). The van der Waals surface area contributed by atoms with Gasteiger partial charge in [-0.2, -0.15) is 4.68 Å². The van der Waals surface area contributed by atoms with E-state index in [2.05, 4.69) is 0 Å². The summed E-state index contributed by atoms with van der Waals surface area (Å²) in [5.41, 5.74) is 3.13. The van der Waals surface area contributed by atoms with Crippen LogP contribution in [0.1, 0.15) is 65.2 Å². The minimum Gasteiger partial charge on any atom is -0.481 e. The molecule has 2 atom stereocenters. The molecule has 1 amide bonds. The normalized spacial score (nSPS) is 23.6. The topological polar surface area (TPSA) is 105 Å². The number of benzene rings is 1. The number of amides is 1. The first-order chi connectivity index (χ1) is 18.4. The number of fused-ring (bicyclic) bond motifs is 1. The van der Waals surface area contributed by atoms with E-state index >= 15 is 0 Å². The van der Waals surface area contributed by atoms with Crippen molar-refractivity contribution in [3.05, 3.63) is 45.6 Å². The van der Waals surface area contributed by atoms with Crippen LogP contribution in [0.3, 0.4) is 0 Å².